The Hall–Kier alpha value is -1.35. The maximum atomic E-state index is 12.3. The van der Waals surface area contributed by atoms with Gasteiger partial charge in [0.15, 0.2) is 5.78 Å². The minimum atomic E-state index is 0.216. The molecule has 0 N–H and O–H groups in total. The summed E-state index contributed by atoms with van der Waals surface area (Å²) in [5.41, 5.74) is 0.788. The van der Waals surface area contributed by atoms with Crippen molar-refractivity contribution in [3.63, 3.8) is 0 Å². The summed E-state index contributed by atoms with van der Waals surface area (Å²) < 4.78 is 5.40. The minimum absolute atomic E-state index is 0.216. The lowest BCUT2D eigenvalue weighted by atomic mass is 10.1. The van der Waals surface area contributed by atoms with E-state index in [1.807, 2.05) is 31.2 Å². The molecule has 2 rings (SSSR count). The standard InChI is InChI=1S/C17H25NO2/c1-2-20-16-10-8-15(9-11-16)17(19)14-18-12-6-4-3-5-7-13-18/h8-11H,2-7,12-14H2,1H3. The zero-order chi connectivity index (χ0) is 14.2. The molecule has 0 unspecified atom stereocenters. The van der Waals surface area contributed by atoms with Crippen LogP contribution in [0.25, 0.3) is 0 Å². The van der Waals surface area contributed by atoms with E-state index in [4.69, 9.17) is 4.74 Å². The third-order valence-corrected chi connectivity index (χ3v) is 3.80. The number of Topliss-reactive ketones (excluding diaryl/α,β-unsaturated/α-hetero) is 1. The average Bonchev–Trinajstić information content (AvgIpc) is 2.43. The van der Waals surface area contributed by atoms with Crippen molar-refractivity contribution in [2.45, 2.75) is 39.0 Å². The van der Waals surface area contributed by atoms with Crippen molar-refractivity contribution in [3.8, 4) is 5.75 Å². The van der Waals surface area contributed by atoms with Gasteiger partial charge in [0, 0.05) is 5.56 Å². The van der Waals surface area contributed by atoms with Crippen molar-refractivity contribution >= 4 is 5.78 Å². The molecule has 0 amide bonds. The van der Waals surface area contributed by atoms with Gasteiger partial charge in [-0.15, -0.1) is 0 Å². The molecule has 1 saturated heterocycles. The third-order valence-electron chi connectivity index (χ3n) is 3.80. The molecule has 0 radical (unpaired) electrons. The molecule has 1 aromatic rings. The molecule has 1 aliphatic rings. The van der Waals surface area contributed by atoms with Crippen molar-refractivity contribution in [3.05, 3.63) is 29.8 Å². The van der Waals surface area contributed by atoms with E-state index in [0.29, 0.717) is 13.2 Å². The van der Waals surface area contributed by atoms with Crippen LogP contribution in [0.5, 0.6) is 5.75 Å². The van der Waals surface area contributed by atoms with Crippen LogP contribution in [-0.4, -0.2) is 36.9 Å². The van der Waals surface area contributed by atoms with Crippen molar-refractivity contribution in [1.29, 1.82) is 0 Å². The largest absolute Gasteiger partial charge is 0.494 e. The fourth-order valence-corrected chi connectivity index (χ4v) is 2.67. The SMILES string of the molecule is CCOc1ccc(C(=O)CN2CCCCCCC2)cc1. The van der Waals surface area contributed by atoms with E-state index < -0.39 is 0 Å². The van der Waals surface area contributed by atoms with Gasteiger partial charge in [-0.25, -0.2) is 0 Å². The number of nitrogens with zero attached hydrogens (tertiary/aromatic N) is 1. The second-order valence-electron chi connectivity index (χ2n) is 5.42. The predicted octanol–water partition coefficient (Wildman–Crippen LogP) is 3.53. The second kappa shape index (κ2) is 8.05. The van der Waals surface area contributed by atoms with E-state index in [0.717, 1.165) is 24.4 Å². The van der Waals surface area contributed by atoms with Gasteiger partial charge in [0.1, 0.15) is 5.75 Å². The minimum Gasteiger partial charge on any atom is -0.494 e. The summed E-state index contributed by atoms with van der Waals surface area (Å²) in [6.07, 6.45) is 6.38. The monoisotopic (exact) mass is 275 g/mol. The van der Waals surface area contributed by atoms with E-state index in [1.54, 1.807) is 0 Å². The van der Waals surface area contributed by atoms with Gasteiger partial charge in [-0.1, -0.05) is 19.3 Å². The number of likely N-dealkylation sites (tertiary alicyclic amines) is 1. The molecular weight excluding hydrogens is 250 g/mol. The summed E-state index contributed by atoms with van der Waals surface area (Å²) in [5, 5.41) is 0. The first kappa shape index (κ1) is 15.0. The van der Waals surface area contributed by atoms with Crippen LogP contribution in [0.2, 0.25) is 0 Å². The number of carbonyl (C=O) groups is 1. The van der Waals surface area contributed by atoms with Crippen molar-refractivity contribution in [2.75, 3.05) is 26.2 Å². The van der Waals surface area contributed by atoms with Gasteiger partial charge in [-0.05, 0) is 57.1 Å². The van der Waals surface area contributed by atoms with Gasteiger partial charge in [0.05, 0.1) is 13.2 Å². The van der Waals surface area contributed by atoms with Gasteiger partial charge in [0.2, 0.25) is 0 Å². The van der Waals surface area contributed by atoms with E-state index in [-0.39, 0.29) is 5.78 Å². The molecule has 3 nitrogen and oxygen atoms in total. The first-order valence-corrected chi connectivity index (χ1v) is 7.78. The average molecular weight is 275 g/mol. The van der Waals surface area contributed by atoms with E-state index in [2.05, 4.69) is 4.90 Å². The fourth-order valence-electron chi connectivity index (χ4n) is 2.67. The number of rotatable bonds is 5. The molecular formula is C17H25NO2. The Morgan fingerprint density at radius 2 is 1.65 bits per heavy atom. The van der Waals surface area contributed by atoms with E-state index in [1.165, 1.54) is 32.1 Å². The van der Waals surface area contributed by atoms with Crippen LogP contribution in [0.1, 0.15) is 49.4 Å². The van der Waals surface area contributed by atoms with Gasteiger partial charge >= 0.3 is 0 Å². The number of benzene rings is 1. The number of ether oxygens (including phenoxy) is 1. The number of hydrogen-bond acceptors (Lipinski definition) is 3. The number of carbonyl (C=O) groups excluding carboxylic acids is 1. The highest BCUT2D eigenvalue weighted by Crippen LogP contribution is 2.14. The summed E-state index contributed by atoms with van der Waals surface area (Å²) in [7, 11) is 0. The van der Waals surface area contributed by atoms with Gasteiger partial charge in [-0.2, -0.15) is 0 Å². The fraction of sp³-hybridized carbons (Fsp3) is 0.588. The van der Waals surface area contributed by atoms with E-state index >= 15 is 0 Å². The Kier molecular flexibility index (Phi) is 6.06. The van der Waals surface area contributed by atoms with Crippen LogP contribution in [0.15, 0.2) is 24.3 Å². The maximum absolute atomic E-state index is 12.3. The Morgan fingerprint density at radius 3 is 2.25 bits per heavy atom. The molecule has 0 aromatic heterocycles. The molecule has 0 bridgehead atoms. The van der Waals surface area contributed by atoms with Crippen LogP contribution in [0, 0.1) is 0 Å². The number of hydrogen-bond donors (Lipinski definition) is 0. The molecule has 0 aliphatic carbocycles. The number of ketones is 1. The Labute approximate surface area is 121 Å². The normalized spacial score (nSPS) is 17.2. The highest BCUT2D eigenvalue weighted by Gasteiger charge is 2.13. The highest BCUT2D eigenvalue weighted by atomic mass is 16.5. The molecule has 3 heteroatoms. The zero-order valence-corrected chi connectivity index (χ0v) is 12.4. The summed E-state index contributed by atoms with van der Waals surface area (Å²) in [4.78, 5) is 14.6. The molecule has 1 aromatic carbocycles. The van der Waals surface area contributed by atoms with Crippen molar-refractivity contribution in [2.24, 2.45) is 0 Å². The van der Waals surface area contributed by atoms with Crippen LogP contribution in [0.4, 0.5) is 0 Å². The first-order valence-electron chi connectivity index (χ1n) is 7.78. The molecule has 1 aliphatic heterocycles. The maximum Gasteiger partial charge on any atom is 0.176 e. The van der Waals surface area contributed by atoms with Crippen molar-refractivity contribution < 1.29 is 9.53 Å². The van der Waals surface area contributed by atoms with Gasteiger partial charge < -0.3 is 4.74 Å². The van der Waals surface area contributed by atoms with Crippen LogP contribution in [0.3, 0.4) is 0 Å². The van der Waals surface area contributed by atoms with Crippen LogP contribution < -0.4 is 4.74 Å². The smallest absolute Gasteiger partial charge is 0.176 e. The lowest BCUT2D eigenvalue weighted by Crippen LogP contribution is -2.32. The summed E-state index contributed by atoms with van der Waals surface area (Å²) in [6, 6.07) is 7.50. The van der Waals surface area contributed by atoms with Crippen molar-refractivity contribution in [1.82, 2.24) is 4.90 Å². The van der Waals surface area contributed by atoms with E-state index in [9.17, 15) is 4.79 Å². The third kappa shape index (κ3) is 4.64. The van der Waals surface area contributed by atoms with Crippen LogP contribution in [-0.2, 0) is 0 Å². The van der Waals surface area contributed by atoms with Gasteiger partial charge in [-0.3, -0.25) is 9.69 Å². The Balaban J connectivity index is 1.89. The lowest BCUT2D eigenvalue weighted by molar-refractivity contribution is 0.0924. The molecule has 20 heavy (non-hydrogen) atoms. The first-order chi connectivity index (χ1) is 9.79. The lowest BCUT2D eigenvalue weighted by Gasteiger charge is -2.23. The molecule has 1 fully saturated rings. The molecule has 1 heterocycles. The van der Waals surface area contributed by atoms with Gasteiger partial charge in [0.25, 0.3) is 0 Å². The highest BCUT2D eigenvalue weighted by molar-refractivity contribution is 5.97. The molecule has 0 spiro atoms. The quantitative estimate of drug-likeness (QED) is 0.770. The molecule has 110 valence electrons. The predicted molar refractivity (Wildman–Crippen MR) is 81.5 cm³/mol. The second-order valence-corrected chi connectivity index (χ2v) is 5.42. The summed E-state index contributed by atoms with van der Waals surface area (Å²) in [5.74, 6) is 1.05. The van der Waals surface area contributed by atoms with Crippen LogP contribution >= 0.6 is 0 Å². The topological polar surface area (TPSA) is 29.5 Å². The summed E-state index contributed by atoms with van der Waals surface area (Å²) >= 11 is 0. The molecule has 0 atom stereocenters. The zero-order valence-electron chi connectivity index (χ0n) is 12.4. The molecule has 0 saturated carbocycles. The Morgan fingerprint density at radius 1 is 1.05 bits per heavy atom. The Bertz CT molecular complexity index is 406. The summed E-state index contributed by atoms with van der Waals surface area (Å²) in [6.45, 7) is 5.28.